The van der Waals surface area contributed by atoms with Gasteiger partial charge in [-0.3, -0.25) is 14.5 Å². The summed E-state index contributed by atoms with van der Waals surface area (Å²) in [4.78, 5) is 24.4. The van der Waals surface area contributed by atoms with Crippen molar-refractivity contribution in [3.05, 3.63) is 21.9 Å². The zero-order valence-electron chi connectivity index (χ0n) is 7.40. The van der Waals surface area contributed by atoms with Gasteiger partial charge in [0.15, 0.2) is 0 Å². The quantitative estimate of drug-likeness (QED) is 0.750. The second-order valence-electron chi connectivity index (χ2n) is 3.04. The van der Waals surface area contributed by atoms with Crippen molar-refractivity contribution < 1.29 is 14.7 Å². The largest absolute Gasteiger partial charge is 0.396 e. The number of aliphatic hydroxyl groups is 1. The van der Waals surface area contributed by atoms with Gasteiger partial charge in [0.25, 0.3) is 11.8 Å². The number of hydrogen-bond acceptors (Lipinski definition) is 4. The van der Waals surface area contributed by atoms with E-state index in [2.05, 4.69) is 0 Å². The number of imide groups is 1. The first-order chi connectivity index (χ1) is 6.75. The summed E-state index contributed by atoms with van der Waals surface area (Å²) in [5, 5.41) is 12.0. The van der Waals surface area contributed by atoms with Crippen LogP contribution >= 0.6 is 11.3 Å². The second kappa shape index (κ2) is 3.51. The van der Waals surface area contributed by atoms with Crippen LogP contribution in [0.3, 0.4) is 0 Å². The highest BCUT2D eigenvalue weighted by Crippen LogP contribution is 2.25. The molecular weight excluding hydrogens is 202 g/mol. The lowest BCUT2D eigenvalue weighted by atomic mass is 10.2. The van der Waals surface area contributed by atoms with Gasteiger partial charge in [0.05, 0.1) is 11.1 Å². The molecule has 0 aliphatic carbocycles. The maximum atomic E-state index is 11.6. The Morgan fingerprint density at radius 1 is 1.21 bits per heavy atom. The Bertz CT molecular complexity index is 355. The van der Waals surface area contributed by atoms with Crippen molar-refractivity contribution in [3.8, 4) is 0 Å². The van der Waals surface area contributed by atoms with Crippen molar-refractivity contribution in [1.29, 1.82) is 0 Å². The molecule has 14 heavy (non-hydrogen) atoms. The summed E-state index contributed by atoms with van der Waals surface area (Å²) >= 11 is 1.36. The fraction of sp³-hybridized carbons (Fsp3) is 0.333. The number of amides is 2. The zero-order valence-corrected chi connectivity index (χ0v) is 8.21. The van der Waals surface area contributed by atoms with Crippen LogP contribution in [0.5, 0.6) is 0 Å². The first-order valence-electron chi connectivity index (χ1n) is 4.29. The number of carbonyl (C=O) groups is 2. The van der Waals surface area contributed by atoms with E-state index in [-0.39, 0.29) is 18.4 Å². The van der Waals surface area contributed by atoms with Gasteiger partial charge in [0.2, 0.25) is 0 Å². The Balaban J connectivity index is 2.22. The predicted molar refractivity (Wildman–Crippen MR) is 51.4 cm³/mol. The predicted octanol–water partition coefficient (Wildman–Crippen LogP) is 0.726. The molecule has 0 saturated heterocycles. The van der Waals surface area contributed by atoms with Crippen LogP contribution in [-0.2, 0) is 0 Å². The standard InChI is InChI=1S/C9H9NO3S/c11-3-1-2-10-8(12)6-4-14-5-7(6)9(10)13/h4-5,11H,1-3H2. The molecule has 2 rings (SSSR count). The van der Waals surface area contributed by atoms with Crippen molar-refractivity contribution >= 4 is 23.2 Å². The summed E-state index contributed by atoms with van der Waals surface area (Å²) in [6.45, 7) is 0.289. The van der Waals surface area contributed by atoms with E-state index >= 15 is 0 Å². The highest BCUT2D eigenvalue weighted by Gasteiger charge is 2.35. The van der Waals surface area contributed by atoms with Crippen molar-refractivity contribution in [2.24, 2.45) is 0 Å². The molecule has 0 unspecified atom stereocenters. The molecule has 0 radical (unpaired) electrons. The highest BCUT2D eigenvalue weighted by molar-refractivity contribution is 7.08. The summed E-state index contributed by atoms with van der Waals surface area (Å²) in [5.41, 5.74) is 0.996. The molecule has 2 amide bonds. The van der Waals surface area contributed by atoms with Crippen LogP contribution in [0.25, 0.3) is 0 Å². The molecule has 1 aromatic heterocycles. The fourth-order valence-electron chi connectivity index (χ4n) is 1.44. The number of hydrogen-bond donors (Lipinski definition) is 1. The molecule has 74 valence electrons. The summed E-state index contributed by atoms with van der Waals surface area (Å²) in [5.74, 6) is -0.473. The van der Waals surface area contributed by atoms with Gasteiger partial charge in [-0.1, -0.05) is 0 Å². The molecule has 0 atom stereocenters. The van der Waals surface area contributed by atoms with Crippen LogP contribution < -0.4 is 0 Å². The lowest BCUT2D eigenvalue weighted by molar-refractivity contribution is 0.0645. The van der Waals surface area contributed by atoms with E-state index in [1.165, 1.54) is 16.2 Å². The highest BCUT2D eigenvalue weighted by atomic mass is 32.1. The minimum Gasteiger partial charge on any atom is -0.396 e. The number of nitrogens with zero attached hydrogens (tertiary/aromatic N) is 1. The Morgan fingerprint density at radius 3 is 2.29 bits per heavy atom. The van der Waals surface area contributed by atoms with Gasteiger partial charge in [-0.15, -0.1) is 0 Å². The molecule has 2 heterocycles. The number of aliphatic hydroxyl groups excluding tert-OH is 1. The molecule has 1 aliphatic heterocycles. The normalized spacial score (nSPS) is 15.1. The van der Waals surface area contributed by atoms with Gasteiger partial charge in [-0.2, -0.15) is 11.3 Å². The lowest BCUT2D eigenvalue weighted by Gasteiger charge is -2.12. The molecule has 0 aromatic carbocycles. The van der Waals surface area contributed by atoms with Crippen molar-refractivity contribution in [2.45, 2.75) is 6.42 Å². The third-order valence-corrected chi connectivity index (χ3v) is 2.90. The van der Waals surface area contributed by atoms with Crippen LogP contribution in [0.1, 0.15) is 27.1 Å². The smallest absolute Gasteiger partial charge is 0.262 e. The summed E-state index contributed by atoms with van der Waals surface area (Å²) in [6.07, 6.45) is 0.436. The molecule has 1 N–H and O–H groups in total. The van der Waals surface area contributed by atoms with E-state index in [1.807, 2.05) is 0 Å². The van der Waals surface area contributed by atoms with E-state index in [0.717, 1.165) is 0 Å². The molecule has 1 aliphatic rings. The average Bonchev–Trinajstić information content (AvgIpc) is 2.72. The molecule has 0 bridgehead atoms. The number of thiophene rings is 1. The second-order valence-corrected chi connectivity index (χ2v) is 3.78. The topological polar surface area (TPSA) is 57.6 Å². The van der Waals surface area contributed by atoms with Crippen molar-refractivity contribution in [1.82, 2.24) is 4.90 Å². The van der Waals surface area contributed by atoms with Gasteiger partial charge in [0.1, 0.15) is 0 Å². The third-order valence-electron chi connectivity index (χ3n) is 2.15. The van der Waals surface area contributed by atoms with Gasteiger partial charge in [-0.25, -0.2) is 0 Å². The molecule has 4 nitrogen and oxygen atoms in total. The molecule has 0 spiro atoms. The molecule has 5 heteroatoms. The van der Waals surface area contributed by atoms with E-state index in [0.29, 0.717) is 24.1 Å². The summed E-state index contributed by atoms with van der Waals surface area (Å²) < 4.78 is 0. The van der Waals surface area contributed by atoms with E-state index in [1.54, 1.807) is 10.8 Å². The third kappa shape index (κ3) is 1.25. The lowest BCUT2D eigenvalue weighted by Crippen LogP contribution is -2.31. The van der Waals surface area contributed by atoms with E-state index < -0.39 is 0 Å². The Morgan fingerprint density at radius 2 is 1.79 bits per heavy atom. The monoisotopic (exact) mass is 211 g/mol. The van der Waals surface area contributed by atoms with Gasteiger partial charge in [-0.05, 0) is 6.42 Å². The van der Waals surface area contributed by atoms with Crippen LogP contribution in [0.2, 0.25) is 0 Å². The Labute approximate surface area is 84.8 Å². The van der Waals surface area contributed by atoms with Crippen LogP contribution in [-0.4, -0.2) is 35.0 Å². The number of carbonyl (C=O) groups excluding carboxylic acids is 2. The van der Waals surface area contributed by atoms with Gasteiger partial charge < -0.3 is 5.11 Å². The van der Waals surface area contributed by atoms with Gasteiger partial charge >= 0.3 is 0 Å². The summed E-state index contributed by atoms with van der Waals surface area (Å²) in [7, 11) is 0. The number of fused-ring (bicyclic) bond motifs is 1. The molecule has 0 fully saturated rings. The first-order valence-corrected chi connectivity index (χ1v) is 5.23. The van der Waals surface area contributed by atoms with Crippen LogP contribution in [0.4, 0.5) is 0 Å². The Kier molecular flexibility index (Phi) is 2.35. The van der Waals surface area contributed by atoms with E-state index in [9.17, 15) is 9.59 Å². The summed E-state index contributed by atoms with van der Waals surface area (Å²) in [6, 6.07) is 0. The van der Waals surface area contributed by atoms with Crippen LogP contribution in [0.15, 0.2) is 10.8 Å². The maximum Gasteiger partial charge on any atom is 0.262 e. The van der Waals surface area contributed by atoms with E-state index in [4.69, 9.17) is 5.11 Å². The Hall–Kier alpha value is -1.20. The molecule has 1 aromatic rings. The first kappa shape index (κ1) is 9.36. The zero-order chi connectivity index (χ0) is 10.1. The average molecular weight is 211 g/mol. The molecule has 0 saturated carbocycles. The van der Waals surface area contributed by atoms with Crippen molar-refractivity contribution in [3.63, 3.8) is 0 Å². The maximum absolute atomic E-state index is 11.6. The van der Waals surface area contributed by atoms with Crippen LogP contribution in [0, 0.1) is 0 Å². The minimum absolute atomic E-state index is 0.0100. The fourth-order valence-corrected chi connectivity index (χ4v) is 2.24. The molecular formula is C9H9NO3S. The minimum atomic E-state index is -0.236. The number of rotatable bonds is 3. The van der Waals surface area contributed by atoms with Gasteiger partial charge in [0, 0.05) is 23.9 Å². The van der Waals surface area contributed by atoms with Crippen molar-refractivity contribution in [2.75, 3.05) is 13.2 Å². The SMILES string of the molecule is O=C1c2cscc2C(=O)N1CCCO.